The van der Waals surface area contributed by atoms with Crippen LogP contribution in [0.25, 0.3) is 0 Å². The zero-order chi connectivity index (χ0) is 13.3. The van der Waals surface area contributed by atoms with Crippen molar-refractivity contribution in [3.8, 4) is 0 Å². The Labute approximate surface area is 106 Å². The minimum Gasteiger partial charge on any atom is -0.478 e. The first-order valence-corrected chi connectivity index (χ1v) is 6.03. The summed E-state index contributed by atoms with van der Waals surface area (Å²) in [7, 11) is 0. The number of nitrogens with one attached hydrogen (secondary N) is 1. The molecule has 96 valence electrons. The van der Waals surface area contributed by atoms with E-state index in [0.29, 0.717) is 12.1 Å². The second kappa shape index (κ2) is 4.44. The van der Waals surface area contributed by atoms with Crippen LogP contribution < -0.4 is 5.32 Å². The molecule has 0 saturated heterocycles. The normalized spacial score (nSPS) is 16.1. The van der Waals surface area contributed by atoms with Crippen molar-refractivity contribution in [2.75, 3.05) is 6.54 Å². The van der Waals surface area contributed by atoms with Crippen molar-refractivity contribution in [2.45, 2.75) is 26.7 Å². The molecule has 0 spiro atoms. The molecular weight excluding hydrogens is 230 g/mol. The maximum atomic E-state index is 11.9. The maximum Gasteiger partial charge on any atom is 0.335 e. The predicted molar refractivity (Wildman–Crippen MR) is 67.8 cm³/mol. The summed E-state index contributed by atoms with van der Waals surface area (Å²) >= 11 is 0. The van der Waals surface area contributed by atoms with Crippen molar-refractivity contribution in [2.24, 2.45) is 5.41 Å². The van der Waals surface area contributed by atoms with E-state index in [1.165, 1.54) is 6.07 Å². The van der Waals surface area contributed by atoms with E-state index in [2.05, 4.69) is 12.2 Å². The number of amides is 1. The molecule has 18 heavy (non-hydrogen) atoms. The highest BCUT2D eigenvalue weighted by Gasteiger charge is 2.37. The molecule has 1 aromatic rings. The number of carboxylic acid groups (broad SMARTS) is 1. The first-order valence-electron chi connectivity index (χ1n) is 6.03. The highest BCUT2D eigenvalue weighted by atomic mass is 16.4. The highest BCUT2D eigenvalue weighted by Crippen LogP contribution is 2.44. The van der Waals surface area contributed by atoms with E-state index in [1.807, 2.05) is 0 Å². The SMILES string of the molecule is Cc1cc(C(=O)O)cc(C(=O)NCC2(C)CC2)c1. The van der Waals surface area contributed by atoms with Gasteiger partial charge in [-0.25, -0.2) is 4.79 Å². The molecule has 0 unspecified atom stereocenters. The lowest BCUT2D eigenvalue weighted by atomic mass is 10.1. The number of hydrogen-bond donors (Lipinski definition) is 2. The summed E-state index contributed by atoms with van der Waals surface area (Å²) in [5.41, 5.74) is 1.59. The van der Waals surface area contributed by atoms with Gasteiger partial charge in [0.1, 0.15) is 0 Å². The molecular formula is C14H17NO3. The van der Waals surface area contributed by atoms with Crippen LogP contribution in [0.5, 0.6) is 0 Å². The Bertz CT molecular complexity index is 504. The van der Waals surface area contributed by atoms with Crippen LogP contribution in [-0.2, 0) is 0 Å². The molecule has 1 fully saturated rings. The second-order valence-electron chi connectivity index (χ2n) is 5.39. The summed E-state index contributed by atoms with van der Waals surface area (Å²) < 4.78 is 0. The molecule has 0 aromatic heterocycles. The van der Waals surface area contributed by atoms with Gasteiger partial charge in [-0.3, -0.25) is 4.79 Å². The maximum absolute atomic E-state index is 11.9. The fourth-order valence-corrected chi connectivity index (χ4v) is 1.82. The zero-order valence-corrected chi connectivity index (χ0v) is 10.6. The van der Waals surface area contributed by atoms with Crippen molar-refractivity contribution >= 4 is 11.9 Å². The molecule has 0 heterocycles. The number of aryl methyl sites for hydroxylation is 1. The van der Waals surface area contributed by atoms with Gasteiger partial charge in [0.2, 0.25) is 0 Å². The van der Waals surface area contributed by atoms with Crippen molar-refractivity contribution in [3.05, 3.63) is 34.9 Å². The summed E-state index contributed by atoms with van der Waals surface area (Å²) in [6, 6.07) is 4.68. The van der Waals surface area contributed by atoms with Gasteiger partial charge in [0.15, 0.2) is 0 Å². The number of carboxylic acids is 1. The molecule has 0 bridgehead atoms. The van der Waals surface area contributed by atoms with Gasteiger partial charge in [0.05, 0.1) is 5.56 Å². The van der Waals surface area contributed by atoms with Gasteiger partial charge < -0.3 is 10.4 Å². The fraction of sp³-hybridized carbons (Fsp3) is 0.429. The van der Waals surface area contributed by atoms with Gasteiger partial charge in [-0.2, -0.15) is 0 Å². The summed E-state index contributed by atoms with van der Waals surface area (Å²) in [4.78, 5) is 22.9. The van der Waals surface area contributed by atoms with Crippen molar-refractivity contribution in [3.63, 3.8) is 0 Å². The fourth-order valence-electron chi connectivity index (χ4n) is 1.82. The van der Waals surface area contributed by atoms with Crippen molar-refractivity contribution in [1.29, 1.82) is 0 Å². The van der Waals surface area contributed by atoms with Crippen LogP contribution in [0.4, 0.5) is 0 Å². The Balaban J connectivity index is 2.11. The molecule has 0 radical (unpaired) electrons. The summed E-state index contributed by atoms with van der Waals surface area (Å²) in [6.07, 6.45) is 2.28. The van der Waals surface area contributed by atoms with Gasteiger partial charge >= 0.3 is 5.97 Å². The highest BCUT2D eigenvalue weighted by molar-refractivity contribution is 5.97. The van der Waals surface area contributed by atoms with Crippen LogP contribution in [-0.4, -0.2) is 23.5 Å². The molecule has 4 heteroatoms. The van der Waals surface area contributed by atoms with Crippen LogP contribution in [0.1, 0.15) is 46.0 Å². The number of rotatable bonds is 4. The van der Waals surface area contributed by atoms with Crippen molar-refractivity contribution < 1.29 is 14.7 Å². The smallest absolute Gasteiger partial charge is 0.335 e. The average Bonchev–Trinajstić information content (AvgIpc) is 3.04. The predicted octanol–water partition coefficient (Wildman–Crippen LogP) is 2.22. The first-order chi connectivity index (χ1) is 8.39. The van der Waals surface area contributed by atoms with Crippen LogP contribution in [0.2, 0.25) is 0 Å². The third-order valence-corrected chi connectivity index (χ3v) is 3.37. The Morgan fingerprint density at radius 2 is 1.89 bits per heavy atom. The molecule has 0 atom stereocenters. The summed E-state index contributed by atoms with van der Waals surface area (Å²) in [5, 5.41) is 11.8. The van der Waals surface area contributed by atoms with Crippen LogP contribution >= 0.6 is 0 Å². The standard InChI is InChI=1S/C14H17NO3/c1-9-5-10(7-11(6-9)13(17)18)12(16)15-8-14(2)3-4-14/h5-7H,3-4,8H2,1-2H3,(H,15,16)(H,17,18). The number of carbonyl (C=O) groups is 2. The topological polar surface area (TPSA) is 66.4 Å². The van der Waals surface area contributed by atoms with Gasteiger partial charge in [0, 0.05) is 12.1 Å². The lowest BCUT2D eigenvalue weighted by molar-refractivity contribution is 0.0696. The van der Waals surface area contributed by atoms with Crippen molar-refractivity contribution in [1.82, 2.24) is 5.32 Å². The number of carbonyl (C=O) groups excluding carboxylic acids is 1. The summed E-state index contributed by atoms with van der Waals surface area (Å²) in [5.74, 6) is -1.21. The minimum absolute atomic E-state index is 0.151. The lowest BCUT2D eigenvalue weighted by Crippen LogP contribution is -2.29. The van der Waals surface area contributed by atoms with E-state index in [0.717, 1.165) is 18.4 Å². The average molecular weight is 247 g/mol. The molecule has 1 aromatic carbocycles. The van der Waals surface area contributed by atoms with E-state index in [9.17, 15) is 9.59 Å². The Morgan fingerprint density at radius 1 is 1.28 bits per heavy atom. The van der Waals surface area contributed by atoms with Gasteiger partial charge in [0.25, 0.3) is 5.91 Å². The second-order valence-corrected chi connectivity index (χ2v) is 5.39. The van der Waals surface area contributed by atoms with E-state index < -0.39 is 5.97 Å². The van der Waals surface area contributed by atoms with Crippen LogP contribution in [0.3, 0.4) is 0 Å². The summed E-state index contributed by atoms with van der Waals surface area (Å²) in [6.45, 7) is 4.57. The van der Waals surface area contributed by atoms with E-state index in [4.69, 9.17) is 5.11 Å². The minimum atomic E-state index is -1.01. The number of aromatic carboxylic acids is 1. The molecule has 1 aliphatic carbocycles. The van der Waals surface area contributed by atoms with E-state index in [1.54, 1.807) is 19.1 Å². The van der Waals surface area contributed by atoms with Gasteiger partial charge in [-0.1, -0.05) is 6.92 Å². The number of benzene rings is 1. The molecule has 2 N–H and O–H groups in total. The molecule has 1 amide bonds. The first kappa shape index (κ1) is 12.6. The lowest BCUT2D eigenvalue weighted by Gasteiger charge is -2.11. The molecule has 1 saturated carbocycles. The molecule has 1 aliphatic rings. The van der Waals surface area contributed by atoms with E-state index >= 15 is 0 Å². The molecule has 4 nitrogen and oxygen atoms in total. The van der Waals surface area contributed by atoms with Crippen LogP contribution in [0.15, 0.2) is 18.2 Å². The Hall–Kier alpha value is -1.84. The third kappa shape index (κ3) is 2.88. The van der Waals surface area contributed by atoms with Gasteiger partial charge in [-0.15, -0.1) is 0 Å². The van der Waals surface area contributed by atoms with E-state index in [-0.39, 0.29) is 16.9 Å². The van der Waals surface area contributed by atoms with Crippen LogP contribution in [0, 0.1) is 12.3 Å². The Morgan fingerprint density at radius 3 is 2.44 bits per heavy atom. The van der Waals surface area contributed by atoms with Gasteiger partial charge in [-0.05, 0) is 48.9 Å². The molecule has 2 rings (SSSR count). The Kier molecular flexibility index (Phi) is 3.11. The third-order valence-electron chi connectivity index (χ3n) is 3.37. The quantitative estimate of drug-likeness (QED) is 0.857. The monoisotopic (exact) mass is 247 g/mol. The largest absolute Gasteiger partial charge is 0.478 e. The zero-order valence-electron chi connectivity index (χ0n) is 10.6. The molecule has 0 aliphatic heterocycles. The number of hydrogen-bond acceptors (Lipinski definition) is 2.